The molecule has 0 saturated heterocycles. The summed E-state index contributed by atoms with van der Waals surface area (Å²) in [5, 5.41) is 18.5. The molecule has 1 amide bonds. The van der Waals surface area contributed by atoms with E-state index in [2.05, 4.69) is 19.1 Å². The van der Waals surface area contributed by atoms with Gasteiger partial charge in [-0.25, -0.2) is 5.48 Å². The minimum Gasteiger partial charge on any atom is -0.393 e. The maximum atomic E-state index is 11.2. The SMILES string of the molecule is CC12CCC/C(=C\C=C3\CCCC(O)C3)C1CCC2CCCCC(=O)NO. The first kappa shape index (κ1) is 20.6. The maximum absolute atomic E-state index is 11.2. The molecule has 3 fully saturated rings. The molecule has 4 atom stereocenters. The van der Waals surface area contributed by atoms with Crippen LogP contribution in [0.5, 0.6) is 0 Å². The molecule has 0 aromatic heterocycles. The number of nitrogens with one attached hydrogen (secondary N) is 1. The second-order valence-electron chi connectivity index (χ2n) is 9.28. The average molecular weight is 376 g/mol. The van der Waals surface area contributed by atoms with Crippen molar-refractivity contribution in [3.05, 3.63) is 23.3 Å². The number of aliphatic hydroxyl groups excluding tert-OH is 1. The highest BCUT2D eigenvalue weighted by atomic mass is 16.5. The summed E-state index contributed by atoms with van der Waals surface area (Å²) in [5.41, 5.74) is 5.20. The van der Waals surface area contributed by atoms with Crippen molar-refractivity contribution in [1.29, 1.82) is 0 Å². The second-order valence-corrected chi connectivity index (χ2v) is 9.28. The lowest BCUT2D eigenvalue weighted by molar-refractivity contribution is -0.129. The summed E-state index contributed by atoms with van der Waals surface area (Å²) in [6, 6.07) is 0. The number of amides is 1. The molecule has 0 aliphatic heterocycles. The average Bonchev–Trinajstić information content (AvgIpc) is 3.00. The number of fused-ring (bicyclic) bond motifs is 1. The highest BCUT2D eigenvalue weighted by Crippen LogP contribution is 2.58. The van der Waals surface area contributed by atoms with Crippen LogP contribution in [-0.2, 0) is 4.79 Å². The zero-order valence-corrected chi connectivity index (χ0v) is 16.9. The molecule has 3 aliphatic rings. The monoisotopic (exact) mass is 375 g/mol. The van der Waals surface area contributed by atoms with Crippen LogP contribution in [-0.4, -0.2) is 22.3 Å². The van der Waals surface area contributed by atoms with Gasteiger partial charge in [-0.1, -0.05) is 36.6 Å². The van der Waals surface area contributed by atoms with Gasteiger partial charge in [0, 0.05) is 6.42 Å². The van der Waals surface area contributed by atoms with Gasteiger partial charge in [0.2, 0.25) is 5.91 Å². The van der Waals surface area contributed by atoms with Gasteiger partial charge in [0.25, 0.3) is 0 Å². The predicted octanol–water partition coefficient (Wildman–Crippen LogP) is 5.06. The first-order valence-electron chi connectivity index (χ1n) is 11.0. The number of hydrogen-bond donors (Lipinski definition) is 3. The Hall–Kier alpha value is -1.13. The molecule has 0 bridgehead atoms. The van der Waals surface area contributed by atoms with Crippen LogP contribution < -0.4 is 5.48 Å². The van der Waals surface area contributed by atoms with Crippen molar-refractivity contribution in [2.45, 2.75) is 96.5 Å². The van der Waals surface area contributed by atoms with E-state index in [1.807, 2.05) is 0 Å². The molecule has 3 saturated carbocycles. The standard InChI is InChI=1S/C23H37NO3/c1-23-15-5-7-18(12-11-17-6-4-9-20(25)16-17)21(23)14-13-19(23)8-2-3-10-22(26)24-27/h11-12,19-21,25,27H,2-10,13-16H2,1H3,(H,24,26)/b17-11-,18-12+. The van der Waals surface area contributed by atoms with Crippen molar-refractivity contribution >= 4 is 5.91 Å². The first-order chi connectivity index (χ1) is 13.0. The summed E-state index contributed by atoms with van der Waals surface area (Å²) in [6.45, 7) is 2.50. The lowest BCUT2D eigenvalue weighted by atomic mass is 9.62. The van der Waals surface area contributed by atoms with E-state index >= 15 is 0 Å². The Morgan fingerprint density at radius 1 is 1.19 bits per heavy atom. The molecule has 0 heterocycles. The van der Waals surface area contributed by atoms with Crippen LogP contribution in [0.15, 0.2) is 23.3 Å². The third kappa shape index (κ3) is 5.03. The molecule has 27 heavy (non-hydrogen) atoms. The minimum absolute atomic E-state index is 0.135. The van der Waals surface area contributed by atoms with Crippen LogP contribution in [0.1, 0.15) is 90.4 Å². The summed E-state index contributed by atoms with van der Waals surface area (Å²) < 4.78 is 0. The molecular formula is C23H37NO3. The highest BCUT2D eigenvalue weighted by Gasteiger charge is 2.48. The van der Waals surface area contributed by atoms with Crippen LogP contribution in [0.2, 0.25) is 0 Å². The second kappa shape index (κ2) is 9.38. The van der Waals surface area contributed by atoms with Crippen molar-refractivity contribution in [3.63, 3.8) is 0 Å². The predicted molar refractivity (Wildman–Crippen MR) is 107 cm³/mol. The smallest absolute Gasteiger partial charge is 0.243 e. The Morgan fingerprint density at radius 3 is 2.81 bits per heavy atom. The molecule has 0 aromatic rings. The van der Waals surface area contributed by atoms with E-state index in [0.29, 0.717) is 17.8 Å². The quantitative estimate of drug-likeness (QED) is 0.345. The normalized spacial score (nSPS) is 36.8. The van der Waals surface area contributed by atoms with E-state index in [4.69, 9.17) is 5.21 Å². The summed E-state index contributed by atoms with van der Waals surface area (Å²) in [5.74, 6) is 1.20. The topological polar surface area (TPSA) is 69.6 Å². The molecule has 4 heteroatoms. The first-order valence-corrected chi connectivity index (χ1v) is 11.0. The fourth-order valence-corrected chi connectivity index (χ4v) is 6.00. The Labute approximate surface area is 164 Å². The minimum atomic E-state index is -0.269. The molecule has 3 N–H and O–H groups in total. The maximum Gasteiger partial charge on any atom is 0.243 e. The Balaban J connectivity index is 1.59. The van der Waals surface area contributed by atoms with Gasteiger partial charge >= 0.3 is 0 Å². The van der Waals surface area contributed by atoms with E-state index in [-0.39, 0.29) is 12.0 Å². The number of carbonyl (C=O) groups excluding carboxylic acids is 1. The molecule has 4 unspecified atom stereocenters. The van der Waals surface area contributed by atoms with E-state index in [1.54, 1.807) is 11.1 Å². The van der Waals surface area contributed by atoms with E-state index in [9.17, 15) is 9.90 Å². The van der Waals surface area contributed by atoms with Crippen LogP contribution in [0.25, 0.3) is 0 Å². The van der Waals surface area contributed by atoms with E-state index in [1.165, 1.54) is 44.1 Å². The zero-order chi connectivity index (χ0) is 19.3. The number of carbonyl (C=O) groups is 1. The molecular weight excluding hydrogens is 338 g/mol. The van der Waals surface area contributed by atoms with Gasteiger partial charge in [0.15, 0.2) is 0 Å². The highest BCUT2D eigenvalue weighted by molar-refractivity contribution is 5.74. The lowest BCUT2D eigenvalue weighted by Gasteiger charge is -2.42. The Bertz CT molecular complexity index is 582. The van der Waals surface area contributed by atoms with Gasteiger partial charge in [-0.15, -0.1) is 0 Å². The van der Waals surface area contributed by atoms with Crippen molar-refractivity contribution < 1.29 is 15.1 Å². The zero-order valence-electron chi connectivity index (χ0n) is 16.9. The van der Waals surface area contributed by atoms with Crippen molar-refractivity contribution in [1.82, 2.24) is 5.48 Å². The molecule has 0 aromatic carbocycles. The van der Waals surface area contributed by atoms with Crippen LogP contribution in [0.3, 0.4) is 0 Å². The van der Waals surface area contributed by atoms with Gasteiger partial charge < -0.3 is 5.11 Å². The Morgan fingerprint density at radius 2 is 2.04 bits per heavy atom. The van der Waals surface area contributed by atoms with Crippen LogP contribution in [0, 0.1) is 17.3 Å². The summed E-state index contributed by atoms with van der Waals surface area (Å²) in [7, 11) is 0. The van der Waals surface area contributed by atoms with Gasteiger partial charge in [0.05, 0.1) is 6.10 Å². The third-order valence-corrected chi connectivity index (χ3v) is 7.56. The molecule has 4 nitrogen and oxygen atoms in total. The number of hydroxylamine groups is 1. The van der Waals surface area contributed by atoms with Crippen molar-refractivity contribution in [2.24, 2.45) is 17.3 Å². The summed E-state index contributed by atoms with van der Waals surface area (Å²) in [4.78, 5) is 11.2. The van der Waals surface area contributed by atoms with Gasteiger partial charge in [-0.2, -0.15) is 0 Å². The van der Waals surface area contributed by atoms with Crippen molar-refractivity contribution in [2.75, 3.05) is 0 Å². The van der Waals surface area contributed by atoms with Crippen LogP contribution in [0.4, 0.5) is 0 Å². The van der Waals surface area contributed by atoms with Crippen molar-refractivity contribution in [3.8, 4) is 0 Å². The number of unbranched alkanes of at least 4 members (excludes halogenated alkanes) is 1. The lowest BCUT2D eigenvalue weighted by Crippen LogP contribution is -2.33. The number of hydrogen-bond acceptors (Lipinski definition) is 3. The van der Waals surface area contributed by atoms with Gasteiger partial charge in [-0.05, 0) is 87.9 Å². The fraction of sp³-hybridized carbons (Fsp3) is 0.783. The number of aliphatic hydroxyl groups is 1. The van der Waals surface area contributed by atoms with E-state index in [0.717, 1.165) is 44.4 Å². The number of allylic oxidation sites excluding steroid dienone is 3. The molecule has 3 rings (SSSR count). The molecule has 3 aliphatic carbocycles. The van der Waals surface area contributed by atoms with Crippen LogP contribution >= 0.6 is 0 Å². The fourth-order valence-electron chi connectivity index (χ4n) is 6.00. The largest absolute Gasteiger partial charge is 0.393 e. The third-order valence-electron chi connectivity index (χ3n) is 7.56. The summed E-state index contributed by atoms with van der Waals surface area (Å²) >= 11 is 0. The molecule has 0 spiro atoms. The summed E-state index contributed by atoms with van der Waals surface area (Å²) in [6.07, 6.45) is 18.7. The number of rotatable bonds is 6. The molecule has 152 valence electrons. The Kier molecular flexibility index (Phi) is 7.16. The van der Waals surface area contributed by atoms with Gasteiger partial charge in [0.1, 0.15) is 0 Å². The molecule has 0 radical (unpaired) electrons. The van der Waals surface area contributed by atoms with Gasteiger partial charge in [-0.3, -0.25) is 10.0 Å². The van der Waals surface area contributed by atoms with E-state index < -0.39 is 0 Å².